The lowest BCUT2D eigenvalue weighted by molar-refractivity contribution is -0.118. The molecule has 0 spiro atoms. The molecule has 0 unspecified atom stereocenters. The van der Waals surface area contributed by atoms with Crippen molar-refractivity contribution >= 4 is 15.9 Å². The Kier molecular flexibility index (Phi) is 5.61. The quantitative estimate of drug-likeness (QED) is 0.782. The molecule has 0 aromatic heterocycles. The van der Waals surface area contributed by atoms with Crippen molar-refractivity contribution in [3.8, 4) is 0 Å². The summed E-state index contributed by atoms with van der Waals surface area (Å²) in [5, 5.41) is 0. The van der Waals surface area contributed by atoms with Gasteiger partial charge < -0.3 is 10.5 Å². The summed E-state index contributed by atoms with van der Waals surface area (Å²) < 4.78 is 43.8. The van der Waals surface area contributed by atoms with Crippen molar-refractivity contribution in [2.75, 3.05) is 26.8 Å². The number of sulfonamides is 1. The van der Waals surface area contributed by atoms with Crippen LogP contribution in [0.15, 0.2) is 23.1 Å². The third kappa shape index (κ3) is 3.99. The summed E-state index contributed by atoms with van der Waals surface area (Å²) >= 11 is 0. The summed E-state index contributed by atoms with van der Waals surface area (Å²) in [6.07, 6.45) is 0. The largest absolute Gasteiger partial charge is 0.383 e. The maximum absolute atomic E-state index is 13.3. The molecule has 1 aromatic carbocycles. The maximum Gasteiger partial charge on any atom is 0.243 e. The van der Waals surface area contributed by atoms with E-state index in [0.717, 1.165) is 10.4 Å². The van der Waals surface area contributed by atoms with Gasteiger partial charge in [-0.3, -0.25) is 4.79 Å². The number of aryl methyl sites for hydroxylation is 1. The zero-order valence-electron chi connectivity index (χ0n) is 11.3. The number of hydrogen-bond donors (Lipinski definition) is 1. The Hall–Kier alpha value is -1.51. The van der Waals surface area contributed by atoms with Gasteiger partial charge in [-0.15, -0.1) is 0 Å². The summed E-state index contributed by atoms with van der Waals surface area (Å²) in [5.74, 6) is -1.46. The summed E-state index contributed by atoms with van der Waals surface area (Å²) in [6.45, 7) is 1.12. The predicted molar refractivity (Wildman–Crippen MR) is 71.0 cm³/mol. The fourth-order valence-corrected chi connectivity index (χ4v) is 3.27. The van der Waals surface area contributed by atoms with Gasteiger partial charge in [-0.2, -0.15) is 4.31 Å². The third-order valence-corrected chi connectivity index (χ3v) is 4.63. The summed E-state index contributed by atoms with van der Waals surface area (Å²) in [5.41, 5.74) is 5.44. The number of hydrogen-bond acceptors (Lipinski definition) is 4. The number of rotatable bonds is 7. The van der Waals surface area contributed by atoms with Gasteiger partial charge in [-0.1, -0.05) is 6.07 Å². The van der Waals surface area contributed by atoms with E-state index in [1.807, 2.05) is 0 Å². The van der Waals surface area contributed by atoms with Crippen LogP contribution in [0, 0.1) is 12.7 Å². The van der Waals surface area contributed by atoms with Crippen LogP contribution >= 0.6 is 0 Å². The van der Waals surface area contributed by atoms with Gasteiger partial charge in [0.2, 0.25) is 15.9 Å². The van der Waals surface area contributed by atoms with E-state index in [0.29, 0.717) is 5.56 Å². The number of amides is 1. The predicted octanol–water partition coefficient (Wildman–Crippen LogP) is 0.257. The molecule has 1 aromatic rings. The van der Waals surface area contributed by atoms with Crippen LogP contribution in [-0.4, -0.2) is 45.4 Å². The molecule has 0 heterocycles. The molecule has 0 saturated carbocycles. The lowest BCUT2D eigenvalue weighted by Crippen LogP contribution is -2.40. The number of benzene rings is 1. The van der Waals surface area contributed by atoms with Crippen LogP contribution in [0.3, 0.4) is 0 Å². The monoisotopic (exact) mass is 304 g/mol. The third-order valence-electron chi connectivity index (χ3n) is 2.65. The van der Waals surface area contributed by atoms with Crippen LogP contribution in [0.4, 0.5) is 4.39 Å². The van der Waals surface area contributed by atoms with E-state index in [-0.39, 0.29) is 18.0 Å². The number of carbonyl (C=O) groups excluding carboxylic acids is 1. The topological polar surface area (TPSA) is 89.7 Å². The lowest BCUT2D eigenvalue weighted by Gasteiger charge is -2.21. The Morgan fingerprint density at radius 2 is 2.10 bits per heavy atom. The molecule has 0 radical (unpaired) electrons. The minimum absolute atomic E-state index is 0.0439. The molecule has 0 atom stereocenters. The lowest BCUT2D eigenvalue weighted by atomic mass is 10.2. The number of ether oxygens (including phenoxy) is 1. The van der Waals surface area contributed by atoms with Crippen molar-refractivity contribution in [1.82, 2.24) is 4.31 Å². The van der Waals surface area contributed by atoms with Crippen LogP contribution in [0.25, 0.3) is 0 Å². The minimum Gasteiger partial charge on any atom is -0.383 e. The zero-order chi connectivity index (χ0) is 15.3. The molecular formula is C12H17FN2O4S. The molecule has 112 valence electrons. The Labute approximate surface area is 117 Å². The van der Waals surface area contributed by atoms with E-state index in [2.05, 4.69) is 0 Å². The molecule has 0 aliphatic heterocycles. The van der Waals surface area contributed by atoms with Gasteiger partial charge in [-0.25, -0.2) is 12.8 Å². The number of halogens is 1. The Bertz CT molecular complexity index is 589. The number of nitrogens with zero attached hydrogens (tertiary/aromatic N) is 1. The van der Waals surface area contributed by atoms with Crippen LogP contribution in [-0.2, 0) is 19.6 Å². The van der Waals surface area contributed by atoms with Crippen LogP contribution < -0.4 is 5.73 Å². The fourth-order valence-electron chi connectivity index (χ4n) is 1.64. The molecule has 0 saturated heterocycles. The van der Waals surface area contributed by atoms with E-state index in [1.165, 1.54) is 19.2 Å². The molecule has 0 bridgehead atoms. The number of primary amides is 1. The number of carbonyl (C=O) groups is 1. The van der Waals surface area contributed by atoms with E-state index in [4.69, 9.17) is 10.5 Å². The summed E-state index contributed by atoms with van der Waals surface area (Å²) in [4.78, 5) is 10.8. The Balaban J connectivity index is 3.20. The van der Waals surface area contributed by atoms with Crippen molar-refractivity contribution in [3.63, 3.8) is 0 Å². The van der Waals surface area contributed by atoms with E-state index >= 15 is 0 Å². The molecule has 0 aliphatic carbocycles. The minimum atomic E-state index is -4.01. The molecule has 1 rings (SSSR count). The highest BCUT2D eigenvalue weighted by Crippen LogP contribution is 2.20. The summed E-state index contributed by atoms with van der Waals surface area (Å²) in [7, 11) is -2.60. The Morgan fingerprint density at radius 1 is 1.45 bits per heavy atom. The normalized spacial score (nSPS) is 11.8. The van der Waals surface area contributed by atoms with Crippen LogP contribution in [0.1, 0.15) is 5.56 Å². The highest BCUT2D eigenvalue weighted by molar-refractivity contribution is 7.89. The molecule has 1 amide bonds. The van der Waals surface area contributed by atoms with Gasteiger partial charge in [0.15, 0.2) is 0 Å². The van der Waals surface area contributed by atoms with Crippen LogP contribution in [0.2, 0.25) is 0 Å². The van der Waals surface area contributed by atoms with E-state index in [9.17, 15) is 17.6 Å². The Morgan fingerprint density at radius 3 is 2.65 bits per heavy atom. The molecular weight excluding hydrogens is 287 g/mol. The SMILES string of the molecule is COCCN(CC(N)=O)S(=O)(=O)c1cc(F)ccc1C. The first kappa shape index (κ1) is 16.5. The first-order chi connectivity index (χ1) is 9.28. The molecule has 6 nitrogen and oxygen atoms in total. The molecule has 0 fully saturated rings. The van der Waals surface area contributed by atoms with Gasteiger partial charge in [-0.05, 0) is 24.6 Å². The van der Waals surface area contributed by atoms with Gasteiger partial charge in [0.25, 0.3) is 0 Å². The second kappa shape index (κ2) is 6.78. The van der Waals surface area contributed by atoms with Gasteiger partial charge in [0, 0.05) is 13.7 Å². The second-order valence-electron chi connectivity index (χ2n) is 4.21. The first-order valence-electron chi connectivity index (χ1n) is 5.82. The van der Waals surface area contributed by atoms with Crippen molar-refractivity contribution < 1.29 is 22.3 Å². The number of methoxy groups -OCH3 is 1. The zero-order valence-corrected chi connectivity index (χ0v) is 12.1. The van der Waals surface area contributed by atoms with E-state index < -0.39 is 28.3 Å². The highest BCUT2D eigenvalue weighted by atomic mass is 32.2. The van der Waals surface area contributed by atoms with Crippen molar-refractivity contribution in [2.45, 2.75) is 11.8 Å². The standard InChI is InChI=1S/C12H17FN2O4S/c1-9-3-4-10(13)7-11(9)20(17,18)15(5-6-19-2)8-12(14)16/h3-4,7H,5-6,8H2,1-2H3,(H2,14,16). The van der Waals surface area contributed by atoms with Gasteiger partial charge >= 0.3 is 0 Å². The molecule has 20 heavy (non-hydrogen) atoms. The number of nitrogens with two attached hydrogens (primary N) is 1. The first-order valence-corrected chi connectivity index (χ1v) is 7.26. The van der Waals surface area contributed by atoms with Crippen molar-refractivity contribution in [3.05, 3.63) is 29.6 Å². The van der Waals surface area contributed by atoms with Crippen molar-refractivity contribution in [1.29, 1.82) is 0 Å². The maximum atomic E-state index is 13.3. The van der Waals surface area contributed by atoms with Crippen LogP contribution in [0.5, 0.6) is 0 Å². The average Bonchev–Trinajstić information content (AvgIpc) is 2.36. The summed E-state index contributed by atoms with van der Waals surface area (Å²) in [6, 6.07) is 3.45. The second-order valence-corrected chi connectivity index (χ2v) is 6.11. The van der Waals surface area contributed by atoms with E-state index in [1.54, 1.807) is 6.92 Å². The van der Waals surface area contributed by atoms with Crippen molar-refractivity contribution in [2.24, 2.45) is 5.73 Å². The molecule has 0 aliphatic rings. The average molecular weight is 304 g/mol. The molecule has 2 N–H and O–H groups in total. The van der Waals surface area contributed by atoms with Gasteiger partial charge in [0.05, 0.1) is 18.0 Å². The highest BCUT2D eigenvalue weighted by Gasteiger charge is 2.27. The fraction of sp³-hybridized carbons (Fsp3) is 0.417. The smallest absolute Gasteiger partial charge is 0.243 e. The molecule has 8 heteroatoms. The van der Waals surface area contributed by atoms with Gasteiger partial charge in [0.1, 0.15) is 5.82 Å².